The van der Waals surface area contributed by atoms with Crippen LogP contribution in [0.25, 0.3) is 0 Å². The molecule has 0 unspecified atom stereocenters. The van der Waals surface area contributed by atoms with Crippen LogP contribution in [-0.4, -0.2) is 30.4 Å². The van der Waals surface area contributed by atoms with Crippen molar-refractivity contribution in [2.45, 2.75) is 46.5 Å². The van der Waals surface area contributed by atoms with Gasteiger partial charge in [0.1, 0.15) is 0 Å². The number of carbonyl (C=O) groups excluding carboxylic acids is 1. The number of hydrogen-bond donors (Lipinski definition) is 1. The van der Waals surface area contributed by atoms with Crippen LogP contribution >= 0.6 is 0 Å². The van der Waals surface area contributed by atoms with E-state index in [0.717, 1.165) is 50.2 Å². The highest BCUT2D eigenvalue weighted by atomic mass is 16.2. The van der Waals surface area contributed by atoms with E-state index in [1.165, 1.54) is 0 Å². The van der Waals surface area contributed by atoms with Crippen LogP contribution in [0.15, 0.2) is 24.4 Å². The fourth-order valence-corrected chi connectivity index (χ4v) is 1.60. The first-order chi connectivity index (χ1) is 8.51. The van der Waals surface area contributed by atoms with Crippen LogP contribution in [0, 0.1) is 0 Å². The Balaban J connectivity index is 4.07. The summed E-state index contributed by atoms with van der Waals surface area (Å²) >= 11 is 0. The Morgan fingerprint density at radius 3 is 2.33 bits per heavy atom. The molecule has 0 radical (unpaired) electrons. The quantitative estimate of drug-likeness (QED) is 0.606. The third-order valence-electron chi connectivity index (χ3n) is 2.80. The van der Waals surface area contributed by atoms with E-state index in [-0.39, 0.29) is 5.91 Å². The van der Waals surface area contributed by atoms with E-state index in [9.17, 15) is 4.79 Å². The highest BCUT2D eigenvalue weighted by Gasteiger charge is 2.11. The van der Waals surface area contributed by atoms with Gasteiger partial charge in [0.25, 0.3) is 0 Å². The fourth-order valence-electron chi connectivity index (χ4n) is 1.60. The van der Waals surface area contributed by atoms with E-state index < -0.39 is 0 Å². The number of amides is 1. The fraction of sp³-hybridized carbons (Fsp3) is 0.667. The molecule has 0 spiro atoms. The molecule has 0 atom stereocenters. The molecular formula is C15H28N2O. The molecule has 0 saturated carbocycles. The summed E-state index contributed by atoms with van der Waals surface area (Å²) in [5.41, 5.74) is 2.10. The molecule has 0 fully saturated rings. The first kappa shape index (κ1) is 16.8. The Kier molecular flexibility index (Phi) is 9.07. The third kappa shape index (κ3) is 7.93. The molecule has 0 bridgehead atoms. The van der Waals surface area contributed by atoms with E-state index in [0.29, 0.717) is 6.42 Å². The number of nitrogens with one attached hydrogen (secondary N) is 1. The molecule has 3 heteroatoms. The molecule has 0 aromatic carbocycles. The molecule has 104 valence electrons. The van der Waals surface area contributed by atoms with Crippen molar-refractivity contribution >= 4 is 5.91 Å². The molecule has 0 aromatic rings. The van der Waals surface area contributed by atoms with Crippen LogP contribution in [0.5, 0.6) is 0 Å². The summed E-state index contributed by atoms with van der Waals surface area (Å²) in [7, 11) is 0. The molecule has 0 saturated heterocycles. The number of carbonyl (C=O) groups is 1. The number of nitrogens with zero attached hydrogens (tertiary/aromatic N) is 1. The van der Waals surface area contributed by atoms with Crippen LogP contribution in [0.1, 0.15) is 46.5 Å². The molecule has 0 heterocycles. The van der Waals surface area contributed by atoms with Gasteiger partial charge in [-0.2, -0.15) is 0 Å². The standard InChI is InChI=1S/C15H28N2O/c1-6-11-17(12-10-16-14(5)7-2)15(18)9-8-13(3)4/h16H,3,5-12H2,1-2,4H3. The third-order valence-corrected chi connectivity index (χ3v) is 2.80. The average Bonchev–Trinajstić information content (AvgIpc) is 2.34. The zero-order valence-corrected chi connectivity index (χ0v) is 12.2. The van der Waals surface area contributed by atoms with Crippen molar-refractivity contribution in [2.24, 2.45) is 0 Å². The molecule has 1 N–H and O–H groups in total. The molecule has 0 aliphatic carbocycles. The van der Waals surface area contributed by atoms with E-state index in [1.807, 2.05) is 11.8 Å². The Morgan fingerprint density at radius 1 is 1.17 bits per heavy atom. The summed E-state index contributed by atoms with van der Waals surface area (Å²) in [6.07, 6.45) is 3.28. The van der Waals surface area contributed by atoms with Crippen molar-refractivity contribution in [3.63, 3.8) is 0 Å². The minimum atomic E-state index is 0.226. The second-order valence-corrected chi connectivity index (χ2v) is 4.72. The van der Waals surface area contributed by atoms with Crippen LogP contribution in [0.2, 0.25) is 0 Å². The molecule has 1 amide bonds. The summed E-state index contributed by atoms with van der Waals surface area (Å²) in [5, 5.41) is 3.24. The first-order valence-corrected chi connectivity index (χ1v) is 6.85. The monoisotopic (exact) mass is 252 g/mol. The lowest BCUT2D eigenvalue weighted by atomic mass is 10.2. The molecule has 18 heavy (non-hydrogen) atoms. The van der Waals surface area contributed by atoms with E-state index in [2.05, 4.69) is 32.3 Å². The molecule has 0 aromatic heterocycles. The smallest absolute Gasteiger partial charge is 0.222 e. The largest absolute Gasteiger partial charge is 0.387 e. The number of hydrogen-bond acceptors (Lipinski definition) is 2. The highest BCUT2D eigenvalue weighted by Crippen LogP contribution is 2.05. The summed E-state index contributed by atoms with van der Waals surface area (Å²) in [6.45, 7) is 16.2. The van der Waals surface area contributed by atoms with Crippen LogP contribution in [-0.2, 0) is 4.79 Å². The van der Waals surface area contributed by atoms with Gasteiger partial charge in [-0.15, -0.1) is 6.58 Å². The SMILES string of the molecule is C=C(C)CCC(=O)N(CCC)CCNC(=C)CC. The average molecular weight is 252 g/mol. The Hall–Kier alpha value is -1.25. The first-order valence-electron chi connectivity index (χ1n) is 6.85. The summed E-state index contributed by atoms with van der Waals surface area (Å²) in [6, 6.07) is 0. The normalized spacial score (nSPS) is 9.94. The molecule has 0 rings (SSSR count). The lowest BCUT2D eigenvalue weighted by Crippen LogP contribution is -2.37. The Labute approximate surface area is 112 Å². The predicted molar refractivity (Wildman–Crippen MR) is 78.4 cm³/mol. The van der Waals surface area contributed by atoms with Crippen molar-refractivity contribution < 1.29 is 4.79 Å². The van der Waals surface area contributed by atoms with Gasteiger partial charge in [-0.1, -0.05) is 26.0 Å². The van der Waals surface area contributed by atoms with Crippen LogP contribution in [0.3, 0.4) is 0 Å². The molecular weight excluding hydrogens is 224 g/mol. The second kappa shape index (κ2) is 9.75. The van der Waals surface area contributed by atoms with Gasteiger partial charge in [-0.3, -0.25) is 4.79 Å². The molecule has 3 nitrogen and oxygen atoms in total. The Morgan fingerprint density at radius 2 is 1.83 bits per heavy atom. The van der Waals surface area contributed by atoms with Gasteiger partial charge >= 0.3 is 0 Å². The second-order valence-electron chi connectivity index (χ2n) is 4.72. The van der Waals surface area contributed by atoms with Gasteiger partial charge in [0.15, 0.2) is 0 Å². The molecule has 0 aliphatic heterocycles. The van der Waals surface area contributed by atoms with Crippen LogP contribution in [0.4, 0.5) is 0 Å². The maximum absolute atomic E-state index is 12.0. The van der Waals surface area contributed by atoms with E-state index in [1.54, 1.807) is 0 Å². The van der Waals surface area contributed by atoms with Crippen molar-refractivity contribution in [1.29, 1.82) is 0 Å². The van der Waals surface area contributed by atoms with Gasteiger partial charge in [-0.25, -0.2) is 0 Å². The summed E-state index contributed by atoms with van der Waals surface area (Å²) < 4.78 is 0. The summed E-state index contributed by atoms with van der Waals surface area (Å²) in [5.74, 6) is 0.226. The minimum Gasteiger partial charge on any atom is -0.387 e. The van der Waals surface area contributed by atoms with Crippen molar-refractivity contribution in [3.8, 4) is 0 Å². The van der Waals surface area contributed by atoms with Crippen molar-refractivity contribution in [3.05, 3.63) is 24.4 Å². The maximum Gasteiger partial charge on any atom is 0.222 e. The summed E-state index contributed by atoms with van der Waals surface area (Å²) in [4.78, 5) is 13.9. The van der Waals surface area contributed by atoms with Gasteiger partial charge in [0, 0.05) is 31.8 Å². The zero-order chi connectivity index (χ0) is 14.0. The van der Waals surface area contributed by atoms with Gasteiger partial charge in [-0.05, 0) is 26.2 Å². The minimum absolute atomic E-state index is 0.226. The lowest BCUT2D eigenvalue weighted by Gasteiger charge is -2.23. The van der Waals surface area contributed by atoms with Crippen molar-refractivity contribution in [2.75, 3.05) is 19.6 Å². The topological polar surface area (TPSA) is 32.3 Å². The highest BCUT2D eigenvalue weighted by molar-refractivity contribution is 5.76. The van der Waals surface area contributed by atoms with E-state index in [4.69, 9.17) is 0 Å². The van der Waals surface area contributed by atoms with Crippen molar-refractivity contribution in [1.82, 2.24) is 10.2 Å². The zero-order valence-electron chi connectivity index (χ0n) is 12.2. The number of rotatable bonds is 10. The van der Waals surface area contributed by atoms with Gasteiger partial charge < -0.3 is 10.2 Å². The predicted octanol–water partition coefficient (Wildman–Crippen LogP) is 3.09. The Bertz CT molecular complexity index is 284. The lowest BCUT2D eigenvalue weighted by molar-refractivity contribution is -0.131. The van der Waals surface area contributed by atoms with Gasteiger partial charge in [0.2, 0.25) is 5.91 Å². The van der Waals surface area contributed by atoms with E-state index >= 15 is 0 Å². The number of allylic oxidation sites excluding steroid dienone is 2. The maximum atomic E-state index is 12.0. The molecule has 0 aliphatic rings. The van der Waals surface area contributed by atoms with Gasteiger partial charge in [0.05, 0.1) is 0 Å². The van der Waals surface area contributed by atoms with Crippen LogP contribution < -0.4 is 5.32 Å².